The lowest BCUT2D eigenvalue weighted by Gasteiger charge is -2.14. The highest BCUT2D eigenvalue weighted by atomic mass is 16.2. The van der Waals surface area contributed by atoms with Gasteiger partial charge in [-0.15, -0.1) is 0 Å². The van der Waals surface area contributed by atoms with E-state index in [9.17, 15) is 4.79 Å². The molecule has 2 nitrogen and oxygen atoms in total. The zero-order valence-electron chi connectivity index (χ0n) is 7.85. The number of rotatable bonds is 0. The quantitative estimate of drug-likeness (QED) is 0.641. The molecule has 13 heavy (non-hydrogen) atoms. The number of anilines is 1. The molecule has 0 spiro atoms. The van der Waals surface area contributed by atoms with Gasteiger partial charge in [0.05, 0.1) is 5.41 Å². The average Bonchev–Trinajstić information content (AvgIpc) is 2.27. The number of benzene rings is 1. The normalized spacial score (nSPS) is 18.2. The topological polar surface area (TPSA) is 29.1 Å². The zero-order valence-corrected chi connectivity index (χ0v) is 7.85. The summed E-state index contributed by atoms with van der Waals surface area (Å²) in [6.07, 6.45) is 0. The Morgan fingerprint density at radius 2 is 2.08 bits per heavy atom. The largest absolute Gasteiger partial charge is 0.325 e. The van der Waals surface area contributed by atoms with Gasteiger partial charge in [-0.2, -0.15) is 0 Å². The Hall–Kier alpha value is -1.31. The molecule has 0 aliphatic carbocycles. The lowest BCUT2D eigenvalue weighted by atomic mass is 9.85. The number of fused-ring (bicyclic) bond motifs is 1. The lowest BCUT2D eigenvalue weighted by Crippen LogP contribution is -2.26. The molecule has 0 fully saturated rings. The summed E-state index contributed by atoms with van der Waals surface area (Å²) in [5.74, 6) is 0.0631. The molecule has 1 radical (unpaired) electrons. The third-order valence-electron chi connectivity index (χ3n) is 2.57. The number of hydrogen-bond acceptors (Lipinski definition) is 1. The van der Waals surface area contributed by atoms with Crippen LogP contribution in [0.5, 0.6) is 0 Å². The van der Waals surface area contributed by atoms with Gasteiger partial charge in [-0.1, -0.05) is 12.1 Å². The van der Waals surface area contributed by atoms with E-state index in [4.69, 9.17) is 0 Å². The summed E-state index contributed by atoms with van der Waals surface area (Å²) >= 11 is 0. The smallest absolute Gasteiger partial charge is 0.234 e. The lowest BCUT2D eigenvalue weighted by molar-refractivity contribution is -0.119. The number of carbonyl (C=O) groups excluding carboxylic acids is 1. The maximum absolute atomic E-state index is 11.5. The van der Waals surface area contributed by atoms with Gasteiger partial charge < -0.3 is 5.32 Å². The summed E-state index contributed by atoms with van der Waals surface area (Å²) < 4.78 is 0. The minimum atomic E-state index is -0.414. The maximum atomic E-state index is 11.5. The summed E-state index contributed by atoms with van der Waals surface area (Å²) in [6, 6.07) is 5.78. The minimum absolute atomic E-state index is 0.0631. The molecule has 1 aromatic carbocycles. The average molecular weight is 174 g/mol. The summed E-state index contributed by atoms with van der Waals surface area (Å²) in [6.45, 7) is 7.70. The second-order valence-corrected chi connectivity index (χ2v) is 3.96. The fourth-order valence-electron chi connectivity index (χ4n) is 1.62. The molecule has 0 saturated carbocycles. The fourth-order valence-corrected chi connectivity index (χ4v) is 1.62. The molecular weight excluding hydrogens is 162 g/mol. The molecule has 2 heteroatoms. The highest BCUT2D eigenvalue weighted by molar-refractivity contribution is 6.05. The molecule has 1 amide bonds. The molecule has 0 bridgehead atoms. The van der Waals surface area contributed by atoms with Gasteiger partial charge in [0.15, 0.2) is 0 Å². The van der Waals surface area contributed by atoms with Crippen molar-refractivity contribution in [2.24, 2.45) is 0 Å². The van der Waals surface area contributed by atoms with Crippen LogP contribution in [-0.2, 0) is 10.2 Å². The molecule has 1 aliphatic rings. The van der Waals surface area contributed by atoms with E-state index in [1.54, 1.807) is 0 Å². The van der Waals surface area contributed by atoms with Gasteiger partial charge in [0, 0.05) is 5.69 Å². The highest BCUT2D eigenvalue weighted by Gasteiger charge is 2.37. The fraction of sp³-hybridized carbons (Fsp3) is 0.273. The van der Waals surface area contributed by atoms with Gasteiger partial charge in [-0.25, -0.2) is 0 Å². The summed E-state index contributed by atoms with van der Waals surface area (Å²) in [4.78, 5) is 11.5. The van der Waals surface area contributed by atoms with Crippen molar-refractivity contribution in [1.29, 1.82) is 0 Å². The molecule has 1 aliphatic heterocycles. The van der Waals surface area contributed by atoms with Crippen LogP contribution in [0.15, 0.2) is 18.2 Å². The van der Waals surface area contributed by atoms with Crippen LogP contribution in [0.25, 0.3) is 0 Å². The summed E-state index contributed by atoms with van der Waals surface area (Å²) in [5.41, 5.74) is 2.50. The first kappa shape index (κ1) is 8.30. The van der Waals surface area contributed by atoms with Crippen molar-refractivity contribution in [3.05, 3.63) is 36.2 Å². The van der Waals surface area contributed by atoms with Gasteiger partial charge in [0.2, 0.25) is 5.91 Å². The molecule has 67 valence electrons. The molecule has 1 aromatic rings. The number of amides is 1. The molecule has 1 heterocycles. The predicted molar refractivity (Wildman–Crippen MR) is 52.6 cm³/mol. The van der Waals surface area contributed by atoms with Gasteiger partial charge in [-0.05, 0) is 38.0 Å². The van der Waals surface area contributed by atoms with E-state index in [1.807, 2.05) is 32.0 Å². The Balaban J connectivity index is 2.64. The highest BCUT2D eigenvalue weighted by Crippen LogP contribution is 2.37. The second-order valence-electron chi connectivity index (χ2n) is 3.96. The van der Waals surface area contributed by atoms with Crippen molar-refractivity contribution in [3.63, 3.8) is 0 Å². The molecule has 0 saturated heterocycles. The SMILES string of the molecule is [CH2]c1ccc2c(c1)C(C)(C)C(=O)N2. The van der Waals surface area contributed by atoms with Crippen LogP contribution in [0.1, 0.15) is 25.0 Å². The van der Waals surface area contributed by atoms with Crippen LogP contribution in [0.4, 0.5) is 5.69 Å². The Bertz CT molecular complexity index is 380. The van der Waals surface area contributed by atoms with E-state index in [1.165, 1.54) is 0 Å². The van der Waals surface area contributed by atoms with Crippen LogP contribution in [-0.4, -0.2) is 5.91 Å². The number of hydrogen-bond donors (Lipinski definition) is 1. The number of nitrogens with one attached hydrogen (secondary N) is 1. The first-order valence-electron chi connectivity index (χ1n) is 4.30. The van der Waals surface area contributed by atoms with E-state index < -0.39 is 5.41 Å². The minimum Gasteiger partial charge on any atom is -0.325 e. The van der Waals surface area contributed by atoms with Gasteiger partial charge in [-0.3, -0.25) is 4.79 Å². The first-order chi connectivity index (χ1) is 6.01. The Labute approximate surface area is 78.0 Å². The van der Waals surface area contributed by atoms with Crippen LogP contribution in [0.3, 0.4) is 0 Å². The van der Waals surface area contributed by atoms with Crippen molar-refractivity contribution in [3.8, 4) is 0 Å². The van der Waals surface area contributed by atoms with Crippen molar-refractivity contribution in [2.45, 2.75) is 19.3 Å². The third-order valence-corrected chi connectivity index (χ3v) is 2.57. The Kier molecular flexibility index (Phi) is 1.50. The van der Waals surface area contributed by atoms with E-state index >= 15 is 0 Å². The standard InChI is InChI=1S/C11H12NO/c1-7-4-5-9-8(6-7)11(2,3)10(13)12-9/h4-6H,1H2,2-3H3,(H,12,13). The van der Waals surface area contributed by atoms with Crippen LogP contribution in [0.2, 0.25) is 0 Å². The zero-order chi connectivity index (χ0) is 9.64. The second kappa shape index (κ2) is 2.34. The van der Waals surface area contributed by atoms with Crippen LogP contribution >= 0.6 is 0 Å². The molecular formula is C11H12NO. The molecule has 1 N–H and O–H groups in total. The van der Waals surface area contributed by atoms with E-state index in [-0.39, 0.29) is 5.91 Å². The van der Waals surface area contributed by atoms with Crippen LogP contribution < -0.4 is 5.32 Å². The van der Waals surface area contributed by atoms with Crippen molar-refractivity contribution in [2.75, 3.05) is 5.32 Å². The van der Waals surface area contributed by atoms with Crippen molar-refractivity contribution >= 4 is 11.6 Å². The molecule has 0 unspecified atom stereocenters. The van der Waals surface area contributed by atoms with E-state index in [2.05, 4.69) is 12.2 Å². The Morgan fingerprint density at radius 1 is 1.38 bits per heavy atom. The van der Waals surface area contributed by atoms with Gasteiger partial charge in [0.25, 0.3) is 0 Å². The van der Waals surface area contributed by atoms with Gasteiger partial charge >= 0.3 is 0 Å². The predicted octanol–water partition coefficient (Wildman–Crippen LogP) is 2.10. The van der Waals surface area contributed by atoms with Crippen LogP contribution in [0, 0.1) is 6.92 Å². The molecule has 2 rings (SSSR count). The third kappa shape index (κ3) is 1.05. The van der Waals surface area contributed by atoms with Crippen molar-refractivity contribution in [1.82, 2.24) is 0 Å². The summed E-state index contributed by atoms with van der Waals surface area (Å²) in [7, 11) is 0. The monoisotopic (exact) mass is 174 g/mol. The van der Waals surface area contributed by atoms with E-state index in [0.29, 0.717) is 0 Å². The first-order valence-corrected chi connectivity index (χ1v) is 4.30. The van der Waals surface area contributed by atoms with E-state index in [0.717, 1.165) is 16.8 Å². The van der Waals surface area contributed by atoms with Gasteiger partial charge in [0.1, 0.15) is 0 Å². The molecule has 0 aromatic heterocycles. The maximum Gasteiger partial charge on any atom is 0.234 e. The van der Waals surface area contributed by atoms with Crippen molar-refractivity contribution < 1.29 is 4.79 Å². The number of carbonyl (C=O) groups is 1. The summed E-state index contributed by atoms with van der Waals surface area (Å²) in [5, 5.41) is 2.85. The molecule has 0 atom stereocenters. The Morgan fingerprint density at radius 3 is 2.77 bits per heavy atom.